The minimum absolute atomic E-state index is 0.476. The second-order valence-corrected chi connectivity index (χ2v) is 3.02. The van der Waals surface area contributed by atoms with Gasteiger partial charge in [-0.2, -0.15) is 0 Å². The van der Waals surface area contributed by atoms with Gasteiger partial charge >= 0.3 is 0 Å². The molecule has 0 atom stereocenters. The maximum absolute atomic E-state index is 5.58. The number of terminal acetylenes is 1. The number of ether oxygens (including phenoxy) is 1. The van der Waals surface area contributed by atoms with Crippen LogP contribution >= 0.6 is 0 Å². The van der Waals surface area contributed by atoms with Gasteiger partial charge in [0.2, 0.25) is 0 Å². The molecule has 74 valence electrons. The molecule has 0 heterocycles. The smallest absolute Gasteiger partial charge is 0.125 e. The van der Waals surface area contributed by atoms with Gasteiger partial charge < -0.3 is 10.5 Å². The van der Waals surface area contributed by atoms with E-state index in [0.29, 0.717) is 13.2 Å². The summed E-state index contributed by atoms with van der Waals surface area (Å²) in [5.41, 5.74) is 7.41. The van der Waals surface area contributed by atoms with Gasteiger partial charge in [0.1, 0.15) is 5.75 Å². The Labute approximate surface area is 85.1 Å². The molecule has 0 amide bonds. The molecule has 2 heteroatoms. The number of rotatable bonds is 4. The predicted molar refractivity (Wildman–Crippen MR) is 58.1 cm³/mol. The lowest BCUT2D eigenvalue weighted by Gasteiger charge is -2.09. The lowest BCUT2D eigenvalue weighted by Crippen LogP contribution is -2.03. The fraction of sp³-hybridized carbons (Fsp3) is 0.333. The summed E-state index contributed by atoms with van der Waals surface area (Å²) in [5.74, 6) is 3.38. The van der Waals surface area contributed by atoms with Gasteiger partial charge in [-0.05, 0) is 18.6 Å². The van der Waals surface area contributed by atoms with Crippen molar-refractivity contribution < 1.29 is 4.74 Å². The van der Waals surface area contributed by atoms with E-state index in [0.717, 1.165) is 23.3 Å². The molecule has 2 nitrogen and oxygen atoms in total. The van der Waals surface area contributed by atoms with E-state index in [4.69, 9.17) is 16.9 Å². The van der Waals surface area contributed by atoms with Crippen molar-refractivity contribution in [3.8, 4) is 18.1 Å². The quantitative estimate of drug-likeness (QED) is 0.734. The second kappa shape index (κ2) is 5.31. The standard InChI is InChI=1S/C12H15NO/c1-3-7-14-12-8-10(4-2)5-6-11(12)9-13/h2,5-6,8H,3,7,9,13H2,1H3. The van der Waals surface area contributed by atoms with Gasteiger partial charge in [-0.15, -0.1) is 6.42 Å². The first-order valence-electron chi connectivity index (χ1n) is 4.74. The van der Waals surface area contributed by atoms with E-state index in [9.17, 15) is 0 Å². The summed E-state index contributed by atoms with van der Waals surface area (Å²) < 4.78 is 5.54. The molecule has 14 heavy (non-hydrogen) atoms. The average molecular weight is 189 g/mol. The van der Waals surface area contributed by atoms with Gasteiger partial charge in [-0.1, -0.05) is 18.9 Å². The number of benzene rings is 1. The Kier molecular flexibility index (Phi) is 4.03. The molecule has 1 aromatic rings. The molecule has 0 saturated carbocycles. The highest BCUT2D eigenvalue weighted by molar-refractivity contribution is 5.43. The maximum Gasteiger partial charge on any atom is 0.125 e. The van der Waals surface area contributed by atoms with Crippen molar-refractivity contribution in [2.45, 2.75) is 19.9 Å². The summed E-state index contributed by atoms with van der Waals surface area (Å²) >= 11 is 0. The van der Waals surface area contributed by atoms with E-state index in [2.05, 4.69) is 12.8 Å². The molecule has 0 fully saturated rings. The van der Waals surface area contributed by atoms with Crippen LogP contribution in [0.4, 0.5) is 0 Å². The molecule has 1 rings (SSSR count). The van der Waals surface area contributed by atoms with Crippen LogP contribution in [0, 0.1) is 12.3 Å². The summed E-state index contributed by atoms with van der Waals surface area (Å²) in [6.45, 7) is 3.23. The van der Waals surface area contributed by atoms with Gasteiger partial charge in [0, 0.05) is 17.7 Å². The minimum Gasteiger partial charge on any atom is -0.493 e. The third-order valence-corrected chi connectivity index (χ3v) is 1.92. The molecular formula is C12H15NO. The molecule has 0 aliphatic rings. The third-order valence-electron chi connectivity index (χ3n) is 1.92. The topological polar surface area (TPSA) is 35.2 Å². The Morgan fingerprint density at radius 3 is 2.86 bits per heavy atom. The summed E-state index contributed by atoms with van der Waals surface area (Å²) in [7, 11) is 0. The van der Waals surface area contributed by atoms with Crippen LogP contribution in [0.15, 0.2) is 18.2 Å². The van der Waals surface area contributed by atoms with E-state index in [1.54, 1.807) is 0 Å². The molecule has 0 spiro atoms. The fourth-order valence-electron chi connectivity index (χ4n) is 1.16. The Morgan fingerprint density at radius 1 is 1.50 bits per heavy atom. The monoisotopic (exact) mass is 189 g/mol. The highest BCUT2D eigenvalue weighted by Gasteiger charge is 2.02. The molecular weight excluding hydrogens is 174 g/mol. The first kappa shape index (κ1) is 10.6. The predicted octanol–water partition coefficient (Wildman–Crippen LogP) is 1.92. The summed E-state index contributed by atoms with van der Waals surface area (Å²) in [6, 6.07) is 5.65. The SMILES string of the molecule is C#Cc1ccc(CN)c(OCCC)c1. The molecule has 0 aliphatic heterocycles. The van der Waals surface area contributed by atoms with Gasteiger partial charge in [-0.25, -0.2) is 0 Å². The van der Waals surface area contributed by atoms with Gasteiger partial charge in [0.15, 0.2) is 0 Å². The van der Waals surface area contributed by atoms with Crippen LogP contribution in [0.2, 0.25) is 0 Å². The Hall–Kier alpha value is -1.46. The van der Waals surface area contributed by atoms with E-state index >= 15 is 0 Å². The molecule has 0 radical (unpaired) electrons. The summed E-state index contributed by atoms with van der Waals surface area (Å²) in [5, 5.41) is 0. The van der Waals surface area contributed by atoms with Crippen LogP contribution in [0.1, 0.15) is 24.5 Å². The van der Waals surface area contributed by atoms with Crippen molar-refractivity contribution in [3.63, 3.8) is 0 Å². The van der Waals surface area contributed by atoms with Crippen LogP contribution in [0.5, 0.6) is 5.75 Å². The molecule has 0 aliphatic carbocycles. The van der Waals surface area contributed by atoms with Crippen molar-refractivity contribution in [1.29, 1.82) is 0 Å². The zero-order valence-corrected chi connectivity index (χ0v) is 8.42. The molecule has 2 N–H and O–H groups in total. The molecule has 0 aromatic heterocycles. The molecule has 1 aromatic carbocycles. The third kappa shape index (κ3) is 2.51. The van der Waals surface area contributed by atoms with Crippen molar-refractivity contribution in [2.24, 2.45) is 5.73 Å². The normalized spacial score (nSPS) is 9.50. The summed E-state index contributed by atoms with van der Waals surface area (Å²) in [6.07, 6.45) is 6.28. The molecule has 0 bridgehead atoms. The second-order valence-electron chi connectivity index (χ2n) is 3.02. The van der Waals surface area contributed by atoms with Crippen LogP contribution in [-0.2, 0) is 6.54 Å². The zero-order valence-electron chi connectivity index (χ0n) is 8.42. The van der Waals surface area contributed by atoms with E-state index < -0.39 is 0 Å². The Balaban J connectivity index is 2.91. The largest absolute Gasteiger partial charge is 0.493 e. The van der Waals surface area contributed by atoms with Crippen LogP contribution in [0.25, 0.3) is 0 Å². The van der Waals surface area contributed by atoms with Crippen LogP contribution in [-0.4, -0.2) is 6.61 Å². The van der Waals surface area contributed by atoms with Crippen molar-refractivity contribution >= 4 is 0 Å². The van der Waals surface area contributed by atoms with Crippen molar-refractivity contribution in [2.75, 3.05) is 6.61 Å². The highest BCUT2D eigenvalue weighted by Crippen LogP contribution is 2.19. The van der Waals surface area contributed by atoms with Gasteiger partial charge in [0.05, 0.1) is 6.61 Å². The van der Waals surface area contributed by atoms with E-state index in [1.807, 2.05) is 18.2 Å². The van der Waals surface area contributed by atoms with Crippen LogP contribution < -0.4 is 10.5 Å². The average Bonchev–Trinajstić information content (AvgIpc) is 2.25. The van der Waals surface area contributed by atoms with Crippen molar-refractivity contribution in [1.82, 2.24) is 0 Å². The van der Waals surface area contributed by atoms with E-state index in [-0.39, 0.29) is 0 Å². The van der Waals surface area contributed by atoms with Crippen molar-refractivity contribution in [3.05, 3.63) is 29.3 Å². The lowest BCUT2D eigenvalue weighted by atomic mass is 10.1. The van der Waals surface area contributed by atoms with Gasteiger partial charge in [-0.3, -0.25) is 0 Å². The summed E-state index contributed by atoms with van der Waals surface area (Å²) in [4.78, 5) is 0. The van der Waals surface area contributed by atoms with Gasteiger partial charge in [0.25, 0.3) is 0 Å². The van der Waals surface area contributed by atoms with E-state index in [1.165, 1.54) is 0 Å². The fourth-order valence-corrected chi connectivity index (χ4v) is 1.16. The zero-order chi connectivity index (χ0) is 10.4. The number of hydrogen-bond acceptors (Lipinski definition) is 2. The first-order valence-corrected chi connectivity index (χ1v) is 4.74. The maximum atomic E-state index is 5.58. The Bertz CT molecular complexity index is 339. The highest BCUT2D eigenvalue weighted by atomic mass is 16.5. The number of nitrogens with two attached hydrogens (primary N) is 1. The number of hydrogen-bond donors (Lipinski definition) is 1. The minimum atomic E-state index is 0.476. The Morgan fingerprint density at radius 2 is 2.29 bits per heavy atom. The molecule has 0 saturated heterocycles. The lowest BCUT2D eigenvalue weighted by molar-refractivity contribution is 0.314. The molecule has 0 unspecified atom stereocenters. The first-order chi connectivity index (χ1) is 6.81. The van der Waals surface area contributed by atoms with Crippen LogP contribution in [0.3, 0.4) is 0 Å².